The summed E-state index contributed by atoms with van der Waals surface area (Å²) in [4.78, 5) is 14.5. The van der Waals surface area contributed by atoms with Gasteiger partial charge in [0.05, 0.1) is 12.2 Å². The van der Waals surface area contributed by atoms with E-state index < -0.39 is 0 Å². The average Bonchev–Trinajstić information content (AvgIpc) is 2.71. The zero-order chi connectivity index (χ0) is 15.1. The van der Waals surface area contributed by atoms with Gasteiger partial charge in [0, 0.05) is 19.8 Å². The quantitative estimate of drug-likeness (QED) is 0.662. The minimum Gasteiger partial charge on any atom is -0.381 e. The molecule has 0 aromatic heterocycles. The van der Waals surface area contributed by atoms with Crippen molar-refractivity contribution in [2.75, 3.05) is 19.8 Å². The number of nitrogens with zero attached hydrogens (tertiary/aromatic N) is 1. The van der Waals surface area contributed by atoms with Crippen LogP contribution in [0, 0.1) is 11.8 Å². The van der Waals surface area contributed by atoms with E-state index in [1.807, 2.05) is 4.90 Å². The predicted molar refractivity (Wildman–Crippen MR) is 82.4 cm³/mol. The van der Waals surface area contributed by atoms with E-state index in [0.717, 1.165) is 32.6 Å². The van der Waals surface area contributed by atoms with Crippen molar-refractivity contribution >= 4 is 5.91 Å². The third-order valence-corrected chi connectivity index (χ3v) is 3.86. The molecule has 0 spiro atoms. The third kappa shape index (κ3) is 4.74. The van der Waals surface area contributed by atoms with Gasteiger partial charge in [0.15, 0.2) is 0 Å². The molecule has 0 radical (unpaired) electrons. The fourth-order valence-corrected chi connectivity index (χ4v) is 2.63. The molecular formula is C16H32N2O2. The molecule has 1 saturated heterocycles. The maximum atomic E-state index is 12.5. The molecule has 1 rings (SSSR count). The standard InChI is InChI=1S/C16H32N2O2/c1-6-7-10-20-11-8-9-18-15(13(4)5)17-14(12(2)3)16(18)19/h12-15,17H,6-11H2,1-5H3. The van der Waals surface area contributed by atoms with E-state index in [4.69, 9.17) is 4.74 Å². The molecule has 4 heteroatoms. The Kier molecular flexibility index (Phi) is 7.52. The molecule has 1 amide bonds. The maximum Gasteiger partial charge on any atom is 0.241 e. The summed E-state index contributed by atoms with van der Waals surface area (Å²) in [5.74, 6) is 1.03. The Hall–Kier alpha value is -0.610. The van der Waals surface area contributed by atoms with Gasteiger partial charge < -0.3 is 9.64 Å². The normalized spacial score (nSPS) is 23.4. The van der Waals surface area contributed by atoms with E-state index in [-0.39, 0.29) is 18.1 Å². The molecule has 1 heterocycles. The highest BCUT2D eigenvalue weighted by atomic mass is 16.5. The number of nitrogens with one attached hydrogen (secondary N) is 1. The van der Waals surface area contributed by atoms with Gasteiger partial charge in [0.2, 0.25) is 5.91 Å². The molecule has 0 aromatic carbocycles. The van der Waals surface area contributed by atoms with Gasteiger partial charge in [-0.3, -0.25) is 10.1 Å². The van der Waals surface area contributed by atoms with Crippen LogP contribution in [0.1, 0.15) is 53.9 Å². The van der Waals surface area contributed by atoms with Gasteiger partial charge in [-0.1, -0.05) is 41.0 Å². The number of hydrogen-bond donors (Lipinski definition) is 1. The molecule has 2 unspecified atom stereocenters. The minimum atomic E-state index is -0.0246. The van der Waals surface area contributed by atoms with Crippen LogP contribution < -0.4 is 5.32 Å². The molecule has 1 N–H and O–H groups in total. The topological polar surface area (TPSA) is 41.6 Å². The molecule has 2 atom stereocenters. The van der Waals surface area contributed by atoms with Crippen molar-refractivity contribution < 1.29 is 9.53 Å². The van der Waals surface area contributed by atoms with Gasteiger partial charge in [-0.05, 0) is 24.7 Å². The molecule has 118 valence electrons. The zero-order valence-corrected chi connectivity index (χ0v) is 13.8. The number of carbonyl (C=O) groups excluding carboxylic acids is 1. The molecule has 0 aliphatic carbocycles. The lowest BCUT2D eigenvalue weighted by molar-refractivity contribution is -0.131. The highest BCUT2D eigenvalue weighted by Crippen LogP contribution is 2.21. The summed E-state index contributed by atoms with van der Waals surface area (Å²) in [6.07, 6.45) is 3.38. The summed E-state index contributed by atoms with van der Waals surface area (Å²) < 4.78 is 5.58. The number of unbranched alkanes of at least 4 members (excludes halogenated alkanes) is 1. The van der Waals surface area contributed by atoms with Crippen molar-refractivity contribution in [3.05, 3.63) is 0 Å². The first-order valence-electron chi connectivity index (χ1n) is 8.13. The van der Waals surface area contributed by atoms with Crippen LogP contribution in [0.3, 0.4) is 0 Å². The summed E-state index contributed by atoms with van der Waals surface area (Å²) in [6, 6.07) is -0.0246. The monoisotopic (exact) mass is 284 g/mol. The van der Waals surface area contributed by atoms with Crippen LogP contribution in [0.5, 0.6) is 0 Å². The van der Waals surface area contributed by atoms with E-state index in [2.05, 4.69) is 39.9 Å². The van der Waals surface area contributed by atoms with Crippen LogP contribution in [0.25, 0.3) is 0 Å². The summed E-state index contributed by atoms with van der Waals surface area (Å²) in [6.45, 7) is 13.1. The Morgan fingerprint density at radius 1 is 1.15 bits per heavy atom. The number of rotatable bonds is 9. The van der Waals surface area contributed by atoms with Gasteiger partial charge in [-0.25, -0.2) is 0 Å². The largest absolute Gasteiger partial charge is 0.381 e. The summed E-state index contributed by atoms with van der Waals surface area (Å²) in [5, 5.41) is 3.49. The van der Waals surface area contributed by atoms with Crippen LogP contribution in [0.4, 0.5) is 0 Å². The van der Waals surface area contributed by atoms with Crippen LogP contribution in [0.2, 0.25) is 0 Å². The second-order valence-electron chi connectivity index (χ2n) is 6.43. The molecule has 20 heavy (non-hydrogen) atoms. The number of hydrogen-bond acceptors (Lipinski definition) is 3. The Bertz CT molecular complexity index is 292. The van der Waals surface area contributed by atoms with E-state index in [1.165, 1.54) is 6.42 Å². The van der Waals surface area contributed by atoms with E-state index in [0.29, 0.717) is 11.8 Å². The fourth-order valence-electron chi connectivity index (χ4n) is 2.63. The molecule has 1 aliphatic heterocycles. The molecule has 1 aliphatic rings. The highest BCUT2D eigenvalue weighted by molar-refractivity contribution is 5.84. The van der Waals surface area contributed by atoms with Crippen molar-refractivity contribution in [1.29, 1.82) is 0 Å². The van der Waals surface area contributed by atoms with Crippen LogP contribution in [-0.4, -0.2) is 42.8 Å². The van der Waals surface area contributed by atoms with Crippen LogP contribution in [0.15, 0.2) is 0 Å². The van der Waals surface area contributed by atoms with Crippen molar-refractivity contribution in [2.45, 2.75) is 66.1 Å². The Labute approximate surface area is 124 Å². The zero-order valence-electron chi connectivity index (χ0n) is 13.8. The molecule has 4 nitrogen and oxygen atoms in total. The van der Waals surface area contributed by atoms with Crippen LogP contribution >= 0.6 is 0 Å². The van der Waals surface area contributed by atoms with E-state index in [1.54, 1.807) is 0 Å². The lowest BCUT2D eigenvalue weighted by Crippen LogP contribution is -2.42. The molecular weight excluding hydrogens is 252 g/mol. The van der Waals surface area contributed by atoms with E-state index in [9.17, 15) is 4.79 Å². The lowest BCUT2D eigenvalue weighted by atomic mass is 10.0. The molecule has 0 saturated carbocycles. The SMILES string of the molecule is CCCCOCCCN1C(=O)C(C(C)C)NC1C(C)C. The molecule has 0 aromatic rings. The van der Waals surface area contributed by atoms with E-state index >= 15 is 0 Å². The van der Waals surface area contributed by atoms with Gasteiger partial charge in [0.1, 0.15) is 0 Å². The van der Waals surface area contributed by atoms with Crippen molar-refractivity contribution in [2.24, 2.45) is 11.8 Å². The van der Waals surface area contributed by atoms with Crippen molar-refractivity contribution in [3.63, 3.8) is 0 Å². The fraction of sp³-hybridized carbons (Fsp3) is 0.938. The van der Waals surface area contributed by atoms with Gasteiger partial charge in [-0.2, -0.15) is 0 Å². The number of carbonyl (C=O) groups is 1. The Balaban J connectivity index is 2.42. The molecule has 0 bridgehead atoms. The smallest absolute Gasteiger partial charge is 0.241 e. The van der Waals surface area contributed by atoms with Gasteiger partial charge in [0.25, 0.3) is 0 Å². The number of ether oxygens (including phenoxy) is 1. The van der Waals surface area contributed by atoms with Crippen LogP contribution in [-0.2, 0) is 9.53 Å². The first-order valence-corrected chi connectivity index (χ1v) is 8.13. The summed E-state index contributed by atoms with van der Waals surface area (Å²) in [5.41, 5.74) is 0. The third-order valence-electron chi connectivity index (χ3n) is 3.86. The first-order chi connectivity index (χ1) is 9.49. The second-order valence-corrected chi connectivity index (χ2v) is 6.43. The maximum absolute atomic E-state index is 12.5. The molecule has 1 fully saturated rings. The van der Waals surface area contributed by atoms with Crippen molar-refractivity contribution in [1.82, 2.24) is 10.2 Å². The highest BCUT2D eigenvalue weighted by Gasteiger charge is 2.40. The second kappa shape index (κ2) is 8.63. The number of amides is 1. The first kappa shape index (κ1) is 17.4. The van der Waals surface area contributed by atoms with Gasteiger partial charge in [-0.15, -0.1) is 0 Å². The Morgan fingerprint density at radius 3 is 2.35 bits per heavy atom. The lowest BCUT2D eigenvalue weighted by Gasteiger charge is -2.27. The predicted octanol–water partition coefficient (Wildman–Crippen LogP) is 2.63. The average molecular weight is 284 g/mol. The van der Waals surface area contributed by atoms with Gasteiger partial charge >= 0.3 is 0 Å². The minimum absolute atomic E-state index is 0.0246. The summed E-state index contributed by atoms with van der Waals surface area (Å²) >= 11 is 0. The van der Waals surface area contributed by atoms with Crippen molar-refractivity contribution in [3.8, 4) is 0 Å². The Morgan fingerprint density at radius 2 is 1.80 bits per heavy atom. The summed E-state index contributed by atoms with van der Waals surface area (Å²) in [7, 11) is 0.